The van der Waals surface area contributed by atoms with Crippen LogP contribution in [0.1, 0.15) is 17.0 Å². The summed E-state index contributed by atoms with van der Waals surface area (Å²) in [6, 6.07) is 26.3. The van der Waals surface area contributed by atoms with Gasteiger partial charge < -0.3 is 0 Å². The highest BCUT2D eigenvalue weighted by atomic mass is 79.9. The molecule has 0 spiro atoms. The van der Waals surface area contributed by atoms with Gasteiger partial charge in [0.1, 0.15) is 0 Å². The molecular formula is C21H19BrO3S. The van der Waals surface area contributed by atoms with E-state index in [4.69, 9.17) is 4.18 Å². The highest BCUT2D eigenvalue weighted by Gasteiger charge is 2.20. The Labute approximate surface area is 162 Å². The Kier molecular flexibility index (Phi) is 6.25. The molecule has 0 amide bonds. The third-order valence-electron chi connectivity index (χ3n) is 4.12. The summed E-state index contributed by atoms with van der Waals surface area (Å²) in [5, 5.41) is 0. The van der Waals surface area contributed by atoms with Crippen LogP contribution in [-0.2, 0) is 20.7 Å². The van der Waals surface area contributed by atoms with Gasteiger partial charge in [-0.15, -0.1) is 0 Å². The topological polar surface area (TPSA) is 43.4 Å². The highest BCUT2D eigenvalue weighted by molar-refractivity contribution is 9.10. The summed E-state index contributed by atoms with van der Waals surface area (Å²) in [5.41, 5.74) is 2.20. The van der Waals surface area contributed by atoms with Crippen molar-refractivity contribution in [1.82, 2.24) is 0 Å². The van der Waals surface area contributed by atoms with Crippen molar-refractivity contribution in [3.63, 3.8) is 0 Å². The largest absolute Gasteiger partial charge is 0.296 e. The minimum atomic E-state index is -3.79. The quantitative estimate of drug-likeness (QED) is 0.484. The SMILES string of the molecule is O=S(=O)(OCC(Cc1ccccc1)c1ccccc1)c1ccc(Br)cc1. The van der Waals surface area contributed by atoms with Gasteiger partial charge in [-0.25, -0.2) is 0 Å². The Morgan fingerprint density at radius 1 is 0.808 bits per heavy atom. The molecule has 0 N–H and O–H groups in total. The minimum absolute atomic E-state index is 0.0520. The number of rotatable bonds is 7. The molecule has 26 heavy (non-hydrogen) atoms. The molecule has 0 aromatic heterocycles. The average molecular weight is 431 g/mol. The predicted octanol–water partition coefficient (Wildman–Crippen LogP) is 5.18. The summed E-state index contributed by atoms with van der Waals surface area (Å²) in [6.07, 6.45) is 0.709. The Morgan fingerprint density at radius 3 is 2.00 bits per heavy atom. The molecule has 0 aliphatic heterocycles. The van der Waals surface area contributed by atoms with E-state index in [0.29, 0.717) is 6.42 Å². The first kappa shape index (κ1) is 18.8. The van der Waals surface area contributed by atoms with Gasteiger partial charge in [0, 0.05) is 10.4 Å². The van der Waals surface area contributed by atoms with E-state index < -0.39 is 10.1 Å². The highest BCUT2D eigenvalue weighted by Crippen LogP contribution is 2.24. The van der Waals surface area contributed by atoms with Gasteiger partial charge in [-0.3, -0.25) is 4.18 Å². The second-order valence-corrected chi connectivity index (χ2v) is 8.52. The van der Waals surface area contributed by atoms with Crippen molar-refractivity contribution in [1.29, 1.82) is 0 Å². The Morgan fingerprint density at radius 2 is 1.38 bits per heavy atom. The van der Waals surface area contributed by atoms with Crippen LogP contribution >= 0.6 is 15.9 Å². The van der Waals surface area contributed by atoms with E-state index in [9.17, 15) is 8.42 Å². The Hall–Kier alpha value is -1.95. The molecule has 3 nitrogen and oxygen atoms in total. The zero-order chi connectivity index (χ0) is 18.4. The minimum Gasteiger partial charge on any atom is -0.266 e. The smallest absolute Gasteiger partial charge is 0.266 e. The van der Waals surface area contributed by atoms with Crippen LogP contribution in [0.25, 0.3) is 0 Å². The molecule has 0 aliphatic carbocycles. The van der Waals surface area contributed by atoms with Crippen molar-refractivity contribution in [3.05, 3.63) is 101 Å². The average Bonchev–Trinajstić information content (AvgIpc) is 2.67. The molecule has 3 rings (SSSR count). The fourth-order valence-electron chi connectivity index (χ4n) is 2.74. The van der Waals surface area contributed by atoms with Gasteiger partial charge in [0.15, 0.2) is 0 Å². The molecule has 0 heterocycles. The summed E-state index contributed by atoms with van der Waals surface area (Å²) in [6.45, 7) is 0.0945. The van der Waals surface area contributed by atoms with Crippen LogP contribution in [0.4, 0.5) is 0 Å². The predicted molar refractivity (Wildman–Crippen MR) is 107 cm³/mol. The molecule has 134 valence electrons. The molecule has 0 fully saturated rings. The lowest BCUT2D eigenvalue weighted by molar-refractivity contribution is 0.290. The second-order valence-electron chi connectivity index (χ2n) is 5.99. The van der Waals surface area contributed by atoms with Crippen molar-refractivity contribution in [3.8, 4) is 0 Å². The maximum Gasteiger partial charge on any atom is 0.296 e. The third kappa shape index (κ3) is 5.04. The third-order valence-corrected chi connectivity index (χ3v) is 5.95. The van der Waals surface area contributed by atoms with Crippen LogP contribution in [0.5, 0.6) is 0 Å². The molecule has 0 saturated heterocycles. The fraction of sp³-hybridized carbons (Fsp3) is 0.143. The molecule has 0 saturated carbocycles. The molecule has 0 radical (unpaired) electrons. The van der Waals surface area contributed by atoms with Gasteiger partial charge in [-0.05, 0) is 41.8 Å². The molecule has 0 aliphatic rings. The maximum absolute atomic E-state index is 12.5. The van der Waals surface area contributed by atoms with Crippen LogP contribution in [0.15, 0.2) is 94.3 Å². The maximum atomic E-state index is 12.5. The zero-order valence-corrected chi connectivity index (χ0v) is 16.5. The van der Waals surface area contributed by atoms with E-state index >= 15 is 0 Å². The van der Waals surface area contributed by atoms with Gasteiger partial charge in [0.2, 0.25) is 0 Å². The standard InChI is InChI=1S/C21H19BrO3S/c22-20-11-13-21(14-12-20)26(23,24)25-16-19(18-9-5-2-6-10-18)15-17-7-3-1-4-8-17/h1-14,19H,15-16H2. The van der Waals surface area contributed by atoms with Crippen molar-refractivity contribution in [2.75, 3.05) is 6.61 Å². The van der Waals surface area contributed by atoms with E-state index in [1.807, 2.05) is 60.7 Å². The van der Waals surface area contributed by atoms with Gasteiger partial charge in [-0.1, -0.05) is 76.6 Å². The molecule has 5 heteroatoms. The van der Waals surface area contributed by atoms with Crippen LogP contribution in [0.3, 0.4) is 0 Å². The first-order chi connectivity index (χ1) is 12.5. The molecule has 0 bridgehead atoms. The summed E-state index contributed by atoms with van der Waals surface area (Å²) in [5.74, 6) is -0.0520. The fourth-order valence-corrected chi connectivity index (χ4v) is 3.95. The van der Waals surface area contributed by atoms with Gasteiger partial charge >= 0.3 is 0 Å². The van der Waals surface area contributed by atoms with Crippen molar-refractivity contribution < 1.29 is 12.6 Å². The summed E-state index contributed by atoms with van der Waals surface area (Å²) in [4.78, 5) is 0.159. The van der Waals surface area contributed by atoms with Gasteiger partial charge in [0.25, 0.3) is 10.1 Å². The van der Waals surface area contributed by atoms with Gasteiger partial charge in [0.05, 0.1) is 11.5 Å². The molecule has 1 unspecified atom stereocenters. The second kappa shape index (κ2) is 8.62. The molecular weight excluding hydrogens is 412 g/mol. The van der Waals surface area contributed by atoms with E-state index in [0.717, 1.165) is 15.6 Å². The Bertz CT molecular complexity index is 924. The van der Waals surface area contributed by atoms with Crippen molar-refractivity contribution >= 4 is 26.0 Å². The van der Waals surface area contributed by atoms with Crippen molar-refractivity contribution in [2.45, 2.75) is 17.2 Å². The van der Waals surface area contributed by atoms with E-state index in [1.165, 1.54) is 12.1 Å². The molecule has 3 aromatic carbocycles. The Balaban J connectivity index is 1.78. The van der Waals surface area contributed by atoms with E-state index in [-0.39, 0.29) is 17.4 Å². The first-order valence-electron chi connectivity index (χ1n) is 8.28. The molecule has 3 aromatic rings. The number of hydrogen-bond acceptors (Lipinski definition) is 3. The summed E-state index contributed by atoms with van der Waals surface area (Å²) >= 11 is 3.31. The van der Waals surface area contributed by atoms with Gasteiger partial charge in [-0.2, -0.15) is 8.42 Å². The monoisotopic (exact) mass is 430 g/mol. The molecule has 1 atom stereocenters. The first-order valence-corrected chi connectivity index (χ1v) is 10.5. The van der Waals surface area contributed by atoms with Crippen LogP contribution in [0, 0.1) is 0 Å². The lowest BCUT2D eigenvalue weighted by Gasteiger charge is -2.18. The summed E-state index contributed by atoms with van der Waals surface area (Å²) < 4.78 is 31.2. The normalized spacial score (nSPS) is 12.7. The lowest BCUT2D eigenvalue weighted by atomic mass is 9.93. The van der Waals surface area contributed by atoms with Crippen LogP contribution in [-0.4, -0.2) is 15.0 Å². The van der Waals surface area contributed by atoms with E-state index in [2.05, 4.69) is 15.9 Å². The van der Waals surface area contributed by atoms with Crippen molar-refractivity contribution in [2.24, 2.45) is 0 Å². The van der Waals surface area contributed by atoms with Crippen LogP contribution < -0.4 is 0 Å². The number of halogens is 1. The number of benzene rings is 3. The lowest BCUT2D eigenvalue weighted by Crippen LogP contribution is -2.15. The van der Waals surface area contributed by atoms with E-state index in [1.54, 1.807) is 12.1 Å². The van der Waals surface area contributed by atoms with Crippen LogP contribution in [0.2, 0.25) is 0 Å². The number of hydrogen-bond donors (Lipinski definition) is 0. The zero-order valence-electron chi connectivity index (χ0n) is 14.1. The summed E-state index contributed by atoms with van der Waals surface area (Å²) in [7, 11) is -3.79.